The molecule has 5 rings (SSSR count). The Balaban J connectivity index is 1.93. The Hall–Kier alpha value is -3.65. The molecule has 140 valence electrons. The molecule has 0 heterocycles. The van der Waals surface area contributed by atoms with E-state index in [9.17, 15) is 0 Å². The van der Waals surface area contributed by atoms with Gasteiger partial charge in [0.25, 0.3) is 0 Å². The summed E-state index contributed by atoms with van der Waals surface area (Å²) in [4.78, 5) is 4.06. The predicted molar refractivity (Wildman–Crippen MR) is 127 cm³/mol. The monoisotopic (exact) mass is 374 g/mol. The fraction of sp³-hybridized carbons (Fsp3) is 0.0741. The first kappa shape index (κ1) is 17.4. The molecule has 29 heavy (non-hydrogen) atoms. The third-order valence-electron chi connectivity index (χ3n) is 5.74. The van der Waals surface area contributed by atoms with Crippen LogP contribution in [-0.2, 0) is 0 Å². The van der Waals surface area contributed by atoms with E-state index in [1.54, 1.807) is 13.4 Å². The molecule has 0 aliphatic carbocycles. The van der Waals surface area contributed by atoms with Crippen molar-refractivity contribution in [3.63, 3.8) is 0 Å². The number of fused-ring (bicyclic) bond motifs is 6. The number of nitrogens with zero attached hydrogens (tertiary/aromatic N) is 1. The average Bonchev–Trinajstić information content (AvgIpc) is 2.78. The lowest BCUT2D eigenvalue weighted by molar-refractivity contribution is 1.42. The number of benzene rings is 5. The smallest absolute Gasteiger partial charge is 0.0864 e. The summed E-state index contributed by atoms with van der Waals surface area (Å²) in [6, 6.07) is 30.5. The van der Waals surface area contributed by atoms with Crippen molar-refractivity contribution in [1.29, 1.82) is 0 Å². The lowest BCUT2D eigenvalue weighted by Gasteiger charge is -2.17. The van der Waals surface area contributed by atoms with Crippen LogP contribution in [0.15, 0.2) is 89.9 Å². The molecule has 5 aromatic carbocycles. The van der Waals surface area contributed by atoms with Crippen molar-refractivity contribution in [2.24, 2.45) is 4.99 Å². The molecule has 0 fully saturated rings. The lowest BCUT2D eigenvalue weighted by atomic mass is 9.88. The number of nitrogens with one attached hydrogen (secondary N) is 1. The Kier molecular flexibility index (Phi) is 4.25. The highest BCUT2D eigenvalue weighted by atomic mass is 14.9. The number of hydrogen-bond donors (Lipinski definition) is 1. The van der Waals surface area contributed by atoms with E-state index >= 15 is 0 Å². The van der Waals surface area contributed by atoms with Crippen molar-refractivity contribution in [2.75, 3.05) is 12.4 Å². The van der Waals surface area contributed by atoms with Crippen molar-refractivity contribution < 1.29 is 0 Å². The number of aliphatic imine (C=N–C) groups is 1. The Bertz CT molecular complexity index is 1350. The van der Waals surface area contributed by atoms with Gasteiger partial charge in [-0.15, -0.1) is 0 Å². The molecule has 0 spiro atoms. The molecular formula is C27H22N2. The maximum absolute atomic E-state index is 4.06. The van der Waals surface area contributed by atoms with Crippen LogP contribution in [0.1, 0.15) is 5.56 Å². The van der Waals surface area contributed by atoms with Gasteiger partial charge in [-0.25, -0.2) is 0 Å². The summed E-state index contributed by atoms with van der Waals surface area (Å²) in [5.74, 6) is 0. The zero-order valence-corrected chi connectivity index (χ0v) is 16.6. The molecule has 1 N–H and O–H groups in total. The quantitative estimate of drug-likeness (QED) is 0.202. The first-order valence-electron chi connectivity index (χ1n) is 9.89. The molecule has 0 atom stereocenters. The van der Waals surface area contributed by atoms with Gasteiger partial charge in [-0.05, 0) is 62.0 Å². The summed E-state index contributed by atoms with van der Waals surface area (Å²) in [5.41, 5.74) is 4.80. The lowest BCUT2D eigenvalue weighted by Crippen LogP contribution is -1.98. The maximum atomic E-state index is 4.06. The topological polar surface area (TPSA) is 24.4 Å². The van der Waals surface area contributed by atoms with Gasteiger partial charge in [-0.2, -0.15) is 0 Å². The Morgan fingerprint density at radius 1 is 0.621 bits per heavy atom. The molecule has 0 aliphatic rings. The second-order valence-corrected chi connectivity index (χ2v) is 7.33. The number of anilines is 1. The predicted octanol–water partition coefficient (Wildman–Crippen LogP) is 7.19. The van der Waals surface area contributed by atoms with Crippen LogP contribution in [-0.4, -0.2) is 13.4 Å². The van der Waals surface area contributed by atoms with Crippen LogP contribution in [0.4, 0.5) is 5.69 Å². The molecule has 0 amide bonds. The molecule has 2 nitrogen and oxygen atoms in total. The van der Waals surface area contributed by atoms with Crippen LogP contribution in [0, 0.1) is 6.92 Å². The van der Waals surface area contributed by atoms with Crippen molar-refractivity contribution in [1.82, 2.24) is 0 Å². The molecule has 0 unspecified atom stereocenters. The molecule has 0 radical (unpaired) electrons. The maximum Gasteiger partial charge on any atom is 0.0864 e. The minimum absolute atomic E-state index is 1.08. The molecule has 0 aliphatic heterocycles. The van der Waals surface area contributed by atoms with E-state index in [4.69, 9.17) is 0 Å². The first-order valence-corrected chi connectivity index (χ1v) is 9.89. The normalized spacial score (nSPS) is 11.7. The van der Waals surface area contributed by atoms with Gasteiger partial charge in [-0.3, -0.25) is 4.99 Å². The van der Waals surface area contributed by atoms with Gasteiger partial charge in [0.1, 0.15) is 0 Å². The molecule has 0 saturated heterocycles. The van der Waals surface area contributed by atoms with Gasteiger partial charge in [0.05, 0.1) is 6.34 Å². The summed E-state index contributed by atoms with van der Waals surface area (Å²) in [6.45, 7) is 2.17. The van der Waals surface area contributed by atoms with Gasteiger partial charge >= 0.3 is 0 Å². The minimum atomic E-state index is 1.08. The van der Waals surface area contributed by atoms with E-state index in [0.29, 0.717) is 0 Å². The summed E-state index contributed by atoms with van der Waals surface area (Å²) in [7, 11) is 1.77. The first-order chi connectivity index (χ1) is 14.3. The van der Waals surface area contributed by atoms with Gasteiger partial charge in [-0.1, -0.05) is 78.9 Å². The molecule has 5 aromatic rings. The molecule has 0 aromatic heterocycles. The third kappa shape index (κ3) is 2.76. The zero-order chi connectivity index (χ0) is 19.8. The standard InChI is InChI=1S/C27H22N2/c1-18-19(13-8-16-26(18)29-17-28-2)23-14-7-15-25-22-10-4-3-9-20(22)21-11-5-6-12-24(21)27(23)25/h3-17H,1-2H3,(H,28,29). The van der Waals surface area contributed by atoms with Gasteiger partial charge < -0.3 is 5.32 Å². The van der Waals surface area contributed by atoms with Crippen LogP contribution >= 0.6 is 0 Å². The molecule has 2 heteroatoms. The van der Waals surface area contributed by atoms with E-state index < -0.39 is 0 Å². The van der Waals surface area contributed by atoms with Gasteiger partial charge in [0, 0.05) is 12.7 Å². The summed E-state index contributed by atoms with van der Waals surface area (Å²) in [5, 5.41) is 11.1. The van der Waals surface area contributed by atoms with Crippen molar-refractivity contribution in [2.45, 2.75) is 6.92 Å². The largest absolute Gasteiger partial charge is 0.347 e. The van der Waals surface area contributed by atoms with Gasteiger partial charge in [0.15, 0.2) is 0 Å². The van der Waals surface area contributed by atoms with E-state index in [0.717, 1.165) is 5.69 Å². The average molecular weight is 374 g/mol. The SMILES string of the molecule is C/N=C/Nc1cccc(-c2cccc3c4ccccc4c4ccccc4c23)c1C. The van der Waals surface area contributed by atoms with Crippen molar-refractivity contribution in [3.05, 3.63) is 90.5 Å². The fourth-order valence-electron chi connectivity index (χ4n) is 4.40. The minimum Gasteiger partial charge on any atom is -0.347 e. The second kappa shape index (κ2) is 7.06. The summed E-state index contributed by atoms with van der Waals surface area (Å²) in [6.07, 6.45) is 1.73. The van der Waals surface area contributed by atoms with E-state index in [1.165, 1.54) is 49.0 Å². The Morgan fingerprint density at radius 3 is 1.79 bits per heavy atom. The zero-order valence-electron chi connectivity index (χ0n) is 16.6. The van der Waals surface area contributed by atoms with Crippen LogP contribution < -0.4 is 5.32 Å². The van der Waals surface area contributed by atoms with E-state index in [-0.39, 0.29) is 0 Å². The summed E-state index contributed by atoms with van der Waals surface area (Å²) < 4.78 is 0. The van der Waals surface area contributed by atoms with Crippen LogP contribution in [0.3, 0.4) is 0 Å². The van der Waals surface area contributed by atoms with Crippen molar-refractivity contribution >= 4 is 44.3 Å². The highest BCUT2D eigenvalue weighted by Crippen LogP contribution is 2.41. The van der Waals surface area contributed by atoms with Crippen LogP contribution in [0.5, 0.6) is 0 Å². The van der Waals surface area contributed by atoms with Crippen LogP contribution in [0.2, 0.25) is 0 Å². The fourth-order valence-corrected chi connectivity index (χ4v) is 4.40. The Labute approximate surface area is 170 Å². The molecule has 0 saturated carbocycles. The number of rotatable bonds is 3. The third-order valence-corrected chi connectivity index (χ3v) is 5.74. The molecule has 0 bridgehead atoms. The van der Waals surface area contributed by atoms with E-state index in [2.05, 4.69) is 102 Å². The van der Waals surface area contributed by atoms with Crippen LogP contribution in [0.25, 0.3) is 43.4 Å². The van der Waals surface area contributed by atoms with E-state index in [1.807, 2.05) is 0 Å². The van der Waals surface area contributed by atoms with Gasteiger partial charge in [0.2, 0.25) is 0 Å². The second-order valence-electron chi connectivity index (χ2n) is 7.33. The Morgan fingerprint density at radius 2 is 1.14 bits per heavy atom. The highest BCUT2D eigenvalue weighted by molar-refractivity contribution is 6.28. The number of hydrogen-bond acceptors (Lipinski definition) is 1. The molecular weight excluding hydrogens is 352 g/mol. The highest BCUT2D eigenvalue weighted by Gasteiger charge is 2.14. The van der Waals surface area contributed by atoms with Crippen molar-refractivity contribution in [3.8, 4) is 11.1 Å². The summed E-state index contributed by atoms with van der Waals surface area (Å²) >= 11 is 0.